The Hall–Kier alpha value is -3.60. The van der Waals surface area contributed by atoms with Crippen LogP contribution < -0.4 is 4.74 Å². The molecule has 0 spiro atoms. The lowest BCUT2D eigenvalue weighted by atomic mass is 9.99. The van der Waals surface area contributed by atoms with Crippen molar-refractivity contribution in [3.63, 3.8) is 0 Å². The maximum Gasteiger partial charge on any atom is 0.344 e. The molecule has 0 saturated carbocycles. The largest absolute Gasteiger partial charge is 0.482 e. The van der Waals surface area contributed by atoms with Crippen molar-refractivity contribution in [3.05, 3.63) is 72.8 Å². The number of aromatic nitrogens is 1. The fraction of sp³-hybridized carbons (Fsp3) is 0.130. The van der Waals surface area contributed by atoms with Crippen LogP contribution in [0.1, 0.15) is 6.92 Å². The minimum Gasteiger partial charge on any atom is -0.482 e. The number of ether oxygens (including phenoxy) is 2. The molecule has 1 aliphatic heterocycles. The highest BCUT2D eigenvalue weighted by molar-refractivity contribution is 5.89. The van der Waals surface area contributed by atoms with Crippen molar-refractivity contribution >= 4 is 5.97 Å². The third-order valence-corrected chi connectivity index (χ3v) is 4.37. The van der Waals surface area contributed by atoms with E-state index >= 15 is 0 Å². The number of carbonyl (C=O) groups is 1. The summed E-state index contributed by atoms with van der Waals surface area (Å²) in [6.07, 6.45) is 0. The molecule has 140 valence electrons. The van der Waals surface area contributed by atoms with Gasteiger partial charge in [-0.25, -0.2) is 4.79 Å². The summed E-state index contributed by atoms with van der Waals surface area (Å²) in [6.45, 7) is 1.99. The maximum atomic E-state index is 11.4. The molecule has 28 heavy (non-hydrogen) atoms. The summed E-state index contributed by atoms with van der Waals surface area (Å²) in [7, 11) is 0. The average molecular weight is 373 g/mol. The number of hydrogen-bond acceptors (Lipinski definition) is 5. The fourth-order valence-corrected chi connectivity index (χ4v) is 3.07. The zero-order valence-electron chi connectivity index (χ0n) is 15.4. The first-order valence-corrected chi connectivity index (χ1v) is 9.09. The molecular weight excluding hydrogens is 354 g/mol. The molecule has 0 radical (unpaired) electrons. The summed E-state index contributed by atoms with van der Waals surface area (Å²) in [5.41, 5.74) is 4.74. The third-order valence-electron chi connectivity index (χ3n) is 4.37. The second-order valence-corrected chi connectivity index (χ2v) is 6.20. The van der Waals surface area contributed by atoms with E-state index in [1.807, 2.05) is 60.7 Å². The van der Waals surface area contributed by atoms with E-state index in [9.17, 15) is 4.79 Å². The SMILES string of the molecule is CCOC(=O)COc1ccc(-c2onc(-c3ccccc3)c3cccc2-3)cc1. The van der Waals surface area contributed by atoms with Crippen LogP contribution in [0.25, 0.3) is 33.7 Å². The predicted molar refractivity (Wildman–Crippen MR) is 106 cm³/mol. The third kappa shape index (κ3) is 3.60. The van der Waals surface area contributed by atoms with E-state index in [0.29, 0.717) is 18.1 Å². The van der Waals surface area contributed by atoms with E-state index in [-0.39, 0.29) is 12.6 Å². The standard InChI is InChI=1S/C23H19NO4/c1-2-26-21(25)15-27-18-13-11-17(12-14-18)23-20-10-6-9-19(20)22(24-28-23)16-7-4-3-5-8-16/h3-14H,2,15H2,1H3. The van der Waals surface area contributed by atoms with Crippen molar-refractivity contribution < 1.29 is 18.8 Å². The Bertz CT molecular complexity index is 1040. The zero-order valence-corrected chi connectivity index (χ0v) is 15.4. The molecule has 1 heterocycles. The summed E-state index contributed by atoms with van der Waals surface area (Å²) < 4.78 is 16.1. The van der Waals surface area contributed by atoms with E-state index in [2.05, 4.69) is 5.16 Å². The van der Waals surface area contributed by atoms with Gasteiger partial charge in [0.15, 0.2) is 12.4 Å². The molecule has 0 amide bonds. The number of benzene rings is 2. The molecule has 2 aromatic carbocycles. The number of fused-ring (bicyclic) bond motifs is 1. The van der Waals surface area contributed by atoms with E-state index in [0.717, 1.165) is 27.9 Å². The molecule has 1 aliphatic carbocycles. The van der Waals surface area contributed by atoms with Gasteiger partial charge in [-0.3, -0.25) is 0 Å². The van der Waals surface area contributed by atoms with Crippen LogP contribution in [0, 0.1) is 0 Å². The number of esters is 1. The lowest BCUT2D eigenvalue weighted by Gasteiger charge is -2.11. The van der Waals surface area contributed by atoms with Crippen molar-refractivity contribution in [2.45, 2.75) is 6.92 Å². The van der Waals surface area contributed by atoms with Gasteiger partial charge < -0.3 is 14.0 Å². The van der Waals surface area contributed by atoms with Crippen LogP contribution in [-0.2, 0) is 9.53 Å². The van der Waals surface area contributed by atoms with Crippen LogP contribution in [0.2, 0.25) is 0 Å². The first kappa shape index (κ1) is 17.8. The van der Waals surface area contributed by atoms with Crippen LogP contribution in [0.15, 0.2) is 77.3 Å². The van der Waals surface area contributed by atoms with Crippen molar-refractivity contribution in [2.75, 3.05) is 13.2 Å². The van der Waals surface area contributed by atoms with Crippen molar-refractivity contribution in [1.82, 2.24) is 5.16 Å². The lowest BCUT2D eigenvalue weighted by Crippen LogP contribution is -2.14. The smallest absolute Gasteiger partial charge is 0.344 e. The normalized spacial score (nSPS) is 10.8. The minimum atomic E-state index is -0.388. The number of nitrogens with zero attached hydrogens (tertiary/aromatic N) is 1. The molecule has 2 aliphatic rings. The molecule has 0 fully saturated rings. The van der Waals surface area contributed by atoms with Gasteiger partial charge in [-0.05, 0) is 31.2 Å². The van der Waals surface area contributed by atoms with Gasteiger partial charge in [0.2, 0.25) is 0 Å². The zero-order chi connectivity index (χ0) is 19.3. The van der Waals surface area contributed by atoms with E-state index in [1.165, 1.54) is 0 Å². The molecular formula is C23H19NO4. The first-order chi connectivity index (χ1) is 13.8. The maximum absolute atomic E-state index is 11.4. The van der Waals surface area contributed by atoms with Crippen molar-refractivity contribution in [3.8, 4) is 39.5 Å². The molecule has 5 nitrogen and oxygen atoms in total. The predicted octanol–water partition coefficient (Wildman–Crippen LogP) is 5.06. The van der Waals surface area contributed by atoms with Gasteiger partial charge in [0.05, 0.1) is 6.61 Å². The van der Waals surface area contributed by atoms with Crippen LogP contribution >= 0.6 is 0 Å². The Morgan fingerprint density at radius 1 is 0.893 bits per heavy atom. The lowest BCUT2D eigenvalue weighted by molar-refractivity contribution is -0.145. The molecule has 4 rings (SSSR count). The number of carbonyl (C=O) groups excluding carboxylic acids is 1. The summed E-state index contributed by atoms with van der Waals surface area (Å²) in [5, 5.41) is 4.36. The molecule has 0 aromatic heterocycles. The summed E-state index contributed by atoms with van der Waals surface area (Å²) >= 11 is 0. The van der Waals surface area contributed by atoms with Crippen molar-refractivity contribution in [2.24, 2.45) is 0 Å². The van der Waals surface area contributed by atoms with Gasteiger partial charge in [-0.1, -0.05) is 53.7 Å². The number of hydrogen-bond donors (Lipinski definition) is 0. The van der Waals surface area contributed by atoms with Crippen LogP contribution in [0.5, 0.6) is 5.75 Å². The summed E-state index contributed by atoms with van der Waals surface area (Å²) in [6, 6.07) is 23.4. The molecule has 0 saturated heterocycles. The molecule has 0 bridgehead atoms. The van der Waals surface area contributed by atoms with Crippen LogP contribution in [-0.4, -0.2) is 24.3 Å². The Morgan fingerprint density at radius 3 is 2.39 bits per heavy atom. The monoisotopic (exact) mass is 373 g/mol. The highest BCUT2D eigenvalue weighted by atomic mass is 16.6. The minimum absolute atomic E-state index is 0.113. The molecule has 2 aromatic rings. The van der Waals surface area contributed by atoms with E-state index in [4.69, 9.17) is 14.0 Å². The Kier molecular flexibility index (Phi) is 5.06. The summed E-state index contributed by atoms with van der Waals surface area (Å²) in [4.78, 5) is 11.4. The molecule has 0 unspecified atom stereocenters. The Labute approximate surface area is 162 Å². The van der Waals surface area contributed by atoms with E-state index in [1.54, 1.807) is 19.1 Å². The fourth-order valence-electron chi connectivity index (χ4n) is 3.07. The van der Waals surface area contributed by atoms with Gasteiger partial charge >= 0.3 is 5.97 Å². The number of rotatable bonds is 6. The summed E-state index contributed by atoms with van der Waals surface area (Å²) in [5.74, 6) is 0.891. The highest BCUT2D eigenvalue weighted by Gasteiger charge is 2.19. The Balaban J connectivity index is 1.60. The van der Waals surface area contributed by atoms with Gasteiger partial charge in [-0.15, -0.1) is 0 Å². The van der Waals surface area contributed by atoms with Gasteiger partial charge in [0, 0.05) is 22.3 Å². The first-order valence-electron chi connectivity index (χ1n) is 9.09. The van der Waals surface area contributed by atoms with Gasteiger partial charge in [-0.2, -0.15) is 0 Å². The van der Waals surface area contributed by atoms with Gasteiger partial charge in [0.1, 0.15) is 11.4 Å². The molecule has 5 heteroatoms. The second kappa shape index (κ2) is 7.96. The van der Waals surface area contributed by atoms with Crippen LogP contribution in [0.3, 0.4) is 0 Å². The Morgan fingerprint density at radius 2 is 1.64 bits per heavy atom. The quantitative estimate of drug-likeness (QED) is 0.442. The van der Waals surface area contributed by atoms with Crippen LogP contribution in [0.4, 0.5) is 0 Å². The van der Waals surface area contributed by atoms with Crippen molar-refractivity contribution in [1.29, 1.82) is 0 Å². The second-order valence-electron chi connectivity index (χ2n) is 6.20. The average Bonchev–Trinajstić information content (AvgIpc) is 3.23. The molecule has 0 N–H and O–H groups in total. The topological polar surface area (TPSA) is 61.6 Å². The van der Waals surface area contributed by atoms with Gasteiger partial charge in [0.25, 0.3) is 0 Å². The molecule has 0 atom stereocenters. The highest BCUT2D eigenvalue weighted by Crippen LogP contribution is 2.39. The van der Waals surface area contributed by atoms with E-state index < -0.39 is 0 Å².